The molecule has 0 bridgehead atoms. The van der Waals surface area contributed by atoms with Crippen LogP contribution >= 0.6 is 0 Å². The van der Waals surface area contributed by atoms with E-state index in [9.17, 15) is 14.0 Å². The fourth-order valence-electron chi connectivity index (χ4n) is 4.24. The Balaban J connectivity index is 1.30. The number of anilines is 1. The lowest BCUT2D eigenvalue weighted by atomic mass is 10.2. The van der Waals surface area contributed by atoms with Crippen LogP contribution in [0.4, 0.5) is 10.2 Å². The van der Waals surface area contributed by atoms with E-state index in [1.807, 2.05) is 24.3 Å². The number of nitrogen functional groups attached to an aromatic ring is 1. The van der Waals surface area contributed by atoms with Crippen molar-refractivity contribution in [2.45, 2.75) is 13.5 Å². The molecule has 1 aliphatic heterocycles. The highest BCUT2D eigenvalue weighted by Crippen LogP contribution is 2.18. The van der Waals surface area contributed by atoms with Gasteiger partial charge < -0.3 is 10.6 Å². The van der Waals surface area contributed by atoms with E-state index < -0.39 is 17.2 Å². The van der Waals surface area contributed by atoms with Crippen LogP contribution < -0.4 is 11.2 Å². The lowest BCUT2D eigenvalue weighted by Crippen LogP contribution is -2.49. The summed E-state index contributed by atoms with van der Waals surface area (Å²) in [7, 11) is 0. The maximum Gasteiger partial charge on any atom is 0.278 e. The predicted molar refractivity (Wildman–Crippen MR) is 130 cm³/mol. The number of aryl methyl sites for hydroxylation is 1. The Bertz CT molecular complexity index is 1480. The normalized spacial score (nSPS) is 14.4. The van der Waals surface area contributed by atoms with E-state index in [2.05, 4.69) is 20.0 Å². The van der Waals surface area contributed by atoms with E-state index in [0.29, 0.717) is 50.1 Å². The number of aromatic nitrogens is 4. The third kappa shape index (κ3) is 4.47. The van der Waals surface area contributed by atoms with E-state index in [4.69, 9.17) is 5.73 Å². The Labute approximate surface area is 200 Å². The fraction of sp³-hybridized carbons (Fsp3) is 0.240. The van der Waals surface area contributed by atoms with Crippen LogP contribution in [0.3, 0.4) is 0 Å². The predicted octanol–water partition coefficient (Wildman–Crippen LogP) is 2.16. The Kier molecular flexibility index (Phi) is 5.96. The Morgan fingerprint density at radius 1 is 1.03 bits per heavy atom. The van der Waals surface area contributed by atoms with Crippen LogP contribution in [0.5, 0.6) is 0 Å². The number of nitrogens with zero attached hydrogens (tertiary/aromatic N) is 6. The molecule has 0 unspecified atom stereocenters. The summed E-state index contributed by atoms with van der Waals surface area (Å²) in [6.07, 6.45) is 0. The average molecular weight is 474 g/mol. The highest BCUT2D eigenvalue weighted by Gasteiger charge is 2.26. The summed E-state index contributed by atoms with van der Waals surface area (Å²) >= 11 is 0. The molecule has 1 aliphatic rings. The maximum atomic E-state index is 14.3. The first-order valence-electron chi connectivity index (χ1n) is 11.3. The summed E-state index contributed by atoms with van der Waals surface area (Å²) in [5.41, 5.74) is 6.80. The third-order valence-electron chi connectivity index (χ3n) is 6.09. The molecule has 0 spiro atoms. The van der Waals surface area contributed by atoms with Crippen molar-refractivity contribution in [3.63, 3.8) is 0 Å². The molecule has 10 heteroatoms. The van der Waals surface area contributed by atoms with Gasteiger partial charge in [0.2, 0.25) is 5.43 Å². The smallest absolute Gasteiger partial charge is 0.278 e. The molecule has 3 heterocycles. The number of amides is 1. The first kappa shape index (κ1) is 22.6. The zero-order valence-corrected chi connectivity index (χ0v) is 19.2. The van der Waals surface area contributed by atoms with Crippen LogP contribution in [0, 0.1) is 12.7 Å². The second-order valence-corrected chi connectivity index (χ2v) is 8.47. The number of rotatable bonds is 4. The lowest BCUT2D eigenvalue weighted by Gasteiger charge is -2.34. The third-order valence-corrected chi connectivity index (χ3v) is 6.09. The molecule has 5 rings (SSSR count). The first-order valence-corrected chi connectivity index (χ1v) is 11.3. The molecular formula is C25H24FN7O2. The molecule has 2 aromatic heterocycles. The number of benzene rings is 2. The largest absolute Gasteiger partial charge is 0.383 e. The molecule has 2 aromatic carbocycles. The van der Waals surface area contributed by atoms with Crippen molar-refractivity contribution in [1.82, 2.24) is 29.5 Å². The minimum Gasteiger partial charge on any atom is -0.383 e. The molecule has 1 fully saturated rings. The van der Waals surface area contributed by atoms with Crippen molar-refractivity contribution in [2.75, 3.05) is 31.9 Å². The topological polar surface area (TPSA) is 110 Å². The molecule has 9 nitrogen and oxygen atoms in total. The second kappa shape index (κ2) is 9.22. The lowest BCUT2D eigenvalue weighted by molar-refractivity contribution is 0.0616. The van der Waals surface area contributed by atoms with Gasteiger partial charge in [0, 0.05) is 43.3 Å². The summed E-state index contributed by atoms with van der Waals surface area (Å²) in [6.45, 7) is 4.13. The number of nitrogens with two attached hydrogens (primary N) is 1. The zero-order valence-electron chi connectivity index (χ0n) is 19.2. The van der Waals surface area contributed by atoms with Crippen molar-refractivity contribution >= 4 is 22.6 Å². The van der Waals surface area contributed by atoms with Crippen LogP contribution in [0.1, 0.15) is 22.0 Å². The van der Waals surface area contributed by atoms with Crippen molar-refractivity contribution in [1.29, 1.82) is 0 Å². The standard InChI is InChI=1S/C25H24FN7O2/c1-16-14-21(34)23(30-33(16)20-9-5-3-7-18(20)26)25(35)32-12-10-31(11-13-32)15-22-28-19-8-4-2-6-17(19)24(27)29-22/h2-9,14H,10-13,15H2,1H3,(H2,27,28,29). The van der Waals surface area contributed by atoms with Crippen molar-refractivity contribution in [3.05, 3.63) is 87.9 Å². The number of fused-ring (bicyclic) bond motifs is 1. The monoisotopic (exact) mass is 473 g/mol. The van der Waals surface area contributed by atoms with Crippen LogP contribution in [0.15, 0.2) is 59.4 Å². The molecule has 1 amide bonds. The van der Waals surface area contributed by atoms with Gasteiger partial charge in [0.1, 0.15) is 23.1 Å². The first-order chi connectivity index (χ1) is 16.9. The van der Waals surface area contributed by atoms with Gasteiger partial charge in [-0.3, -0.25) is 14.5 Å². The van der Waals surface area contributed by atoms with Crippen LogP contribution in [-0.4, -0.2) is 61.6 Å². The molecule has 178 valence electrons. The van der Waals surface area contributed by atoms with E-state index in [0.717, 1.165) is 10.9 Å². The summed E-state index contributed by atoms with van der Waals surface area (Å²) in [5, 5.41) is 5.05. The van der Waals surface area contributed by atoms with Gasteiger partial charge in [0.15, 0.2) is 5.69 Å². The van der Waals surface area contributed by atoms with Gasteiger partial charge in [-0.15, -0.1) is 0 Å². The van der Waals surface area contributed by atoms with Crippen LogP contribution in [-0.2, 0) is 6.54 Å². The van der Waals surface area contributed by atoms with E-state index in [1.165, 1.54) is 16.8 Å². The Hall–Kier alpha value is -4.18. The highest BCUT2D eigenvalue weighted by molar-refractivity contribution is 5.92. The molecular weight excluding hydrogens is 449 g/mol. The SMILES string of the molecule is Cc1cc(=O)c(C(=O)N2CCN(Cc3nc(N)c4ccccc4n3)CC2)nn1-c1ccccc1F. The number of carbonyl (C=O) groups is 1. The zero-order chi connectivity index (χ0) is 24.5. The number of halogens is 1. The number of hydrogen-bond acceptors (Lipinski definition) is 7. The van der Waals surface area contributed by atoms with E-state index in [-0.39, 0.29) is 11.4 Å². The molecule has 0 aliphatic carbocycles. The number of piperazine rings is 1. The molecule has 2 N–H and O–H groups in total. The average Bonchev–Trinajstić information content (AvgIpc) is 2.85. The number of carbonyl (C=O) groups excluding carboxylic acids is 1. The summed E-state index contributed by atoms with van der Waals surface area (Å²) in [6, 6.07) is 15.0. The van der Waals surface area contributed by atoms with Crippen LogP contribution in [0.2, 0.25) is 0 Å². The molecule has 35 heavy (non-hydrogen) atoms. The Morgan fingerprint density at radius 3 is 2.51 bits per heavy atom. The summed E-state index contributed by atoms with van der Waals surface area (Å²) in [5.74, 6) is 0.103. The molecule has 1 saturated heterocycles. The Morgan fingerprint density at radius 2 is 1.74 bits per heavy atom. The molecule has 0 radical (unpaired) electrons. The number of para-hydroxylation sites is 2. The highest BCUT2D eigenvalue weighted by atomic mass is 19.1. The fourth-order valence-corrected chi connectivity index (χ4v) is 4.24. The van der Waals surface area contributed by atoms with Gasteiger partial charge in [-0.05, 0) is 31.2 Å². The van der Waals surface area contributed by atoms with Gasteiger partial charge >= 0.3 is 0 Å². The van der Waals surface area contributed by atoms with Gasteiger partial charge in [0.05, 0.1) is 12.1 Å². The summed E-state index contributed by atoms with van der Waals surface area (Å²) in [4.78, 5) is 38.5. The molecule has 0 atom stereocenters. The number of hydrogen-bond donors (Lipinski definition) is 1. The summed E-state index contributed by atoms with van der Waals surface area (Å²) < 4.78 is 15.6. The van der Waals surface area contributed by atoms with Crippen molar-refractivity contribution in [2.24, 2.45) is 0 Å². The van der Waals surface area contributed by atoms with Gasteiger partial charge in [-0.25, -0.2) is 19.0 Å². The minimum atomic E-state index is -0.490. The van der Waals surface area contributed by atoms with Gasteiger partial charge in [-0.1, -0.05) is 24.3 Å². The van der Waals surface area contributed by atoms with Crippen LogP contribution in [0.25, 0.3) is 16.6 Å². The molecule has 0 saturated carbocycles. The molecule has 4 aromatic rings. The van der Waals surface area contributed by atoms with Gasteiger partial charge in [-0.2, -0.15) is 5.10 Å². The quantitative estimate of drug-likeness (QED) is 0.484. The maximum absolute atomic E-state index is 14.3. The van der Waals surface area contributed by atoms with Gasteiger partial charge in [0.25, 0.3) is 5.91 Å². The van der Waals surface area contributed by atoms with Crippen molar-refractivity contribution in [3.8, 4) is 5.69 Å². The second-order valence-electron chi connectivity index (χ2n) is 8.47. The minimum absolute atomic E-state index is 0.179. The van der Waals surface area contributed by atoms with Crippen molar-refractivity contribution < 1.29 is 9.18 Å². The van der Waals surface area contributed by atoms with E-state index in [1.54, 1.807) is 30.0 Å². The van der Waals surface area contributed by atoms with E-state index >= 15 is 0 Å².